The Balaban J connectivity index is 1.79. The number of benzene rings is 2. The van der Waals surface area contributed by atoms with E-state index in [1.807, 2.05) is 0 Å². The van der Waals surface area contributed by atoms with E-state index >= 15 is 0 Å². The Morgan fingerprint density at radius 1 is 0.955 bits per heavy atom. The van der Waals surface area contributed by atoms with E-state index < -0.39 is 0 Å². The van der Waals surface area contributed by atoms with Gasteiger partial charge in [-0.2, -0.15) is 0 Å². The molecule has 0 aromatic heterocycles. The molecule has 0 bridgehead atoms. The summed E-state index contributed by atoms with van der Waals surface area (Å²) < 4.78 is 0. The topological polar surface area (TPSA) is 3.24 Å². The molecule has 1 saturated heterocycles. The van der Waals surface area contributed by atoms with Crippen LogP contribution in [0, 0.1) is 0 Å². The molecule has 2 aromatic carbocycles. The van der Waals surface area contributed by atoms with E-state index in [2.05, 4.69) is 72.5 Å². The first-order chi connectivity index (χ1) is 10.9. The maximum atomic E-state index is 2.77. The molecule has 0 saturated carbocycles. The van der Waals surface area contributed by atoms with Crippen LogP contribution in [0.1, 0.15) is 49.8 Å². The maximum Gasteiger partial charge on any atom is 0.0348 e. The van der Waals surface area contributed by atoms with Gasteiger partial charge in [0.25, 0.3) is 0 Å². The Bertz CT molecular complexity index is 549. The lowest BCUT2D eigenvalue weighted by Crippen LogP contribution is -2.43. The molecule has 0 spiro atoms. The lowest BCUT2D eigenvalue weighted by molar-refractivity contribution is 0.0912. The summed E-state index contributed by atoms with van der Waals surface area (Å²) in [5.74, 6) is 0. The van der Waals surface area contributed by atoms with E-state index in [1.165, 1.54) is 49.8 Å². The van der Waals surface area contributed by atoms with Crippen molar-refractivity contribution in [2.45, 2.75) is 51.1 Å². The SMILES string of the molecule is CCC(c1ccccc1)N1CCCCC1Cc1ccccc1. The molecular formula is C21H27N. The van der Waals surface area contributed by atoms with Crippen LogP contribution >= 0.6 is 0 Å². The van der Waals surface area contributed by atoms with Crippen molar-refractivity contribution in [2.75, 3.05) is 6.54 Å². The zero-order chi connectivity index (χ0) is 15.2. The van der Waals surface area contributed by atoms with Crippen LogP contribution in [-0.4, -0.2) is 17.5 Å². The van der Waals surface area contributed by atoms with Gasteiger partial charge in [-0.05, 0) is 43.4 Å². The Hall–Kier alpha value is -1.60. The minimum atomic E-state index is 0.565. The third kappa shape index (κ3) is 3.59. The summed E-state index contributed by atoms with van der Waals surface area (Å²) in [5.41, 5.74) is 2.95. The van der Waals surface area contributed by atoms with Gasteiger partial charge in [-0.1, -0.05) is 74.0 Å². The second-order valence-corrected chi connectivity index (χ2v) is 6.41. The number of hydrogen-bond donors (Lipinski definition) is 0. The molecule has 3 rings (SSSR count). The van der Waals surface area contributed by atoms with Crippen molar-refractivity contribution in [3.05, 3.63) is 71.8 Å². The highest BCUT2D eigenvalue weighted by Crippen LogP contribution is 2.32. The first-order valence-electron chi connectivity index (χ1n) is 8.73. The van der Waals surface area contributed by atoms with Gasteiger partial charge >= 0.3 is 0 Å². The van der Waals surface area contributed by atoms with Gasteiger partial charge in [0.2, 0.25) is 0 Å². The van der Waals surface area contributed by atoms with Gasteiger partial charge in [-0.3, -0.25) is 4.90 Å². The number of hydrogen-bond acceptors (Lipinski definition) is 1. The van der Waals surface area contributed by atoms with E-state index in [-0.39, 0.29) is 0 Å². The summed E-state index contributed by atoms with van der Waals surface area (Å²) in [5, 5.41) is 0. The molecule has 1 heterocycles. The first-order valence-corrected chi connectivity index (χ1v) is 8.73. The highest BCUT2D eigenvalue weighted by molar-refractivity contribution is 5.20. The van der Waals surface area contributed by atoms with Crippen LogP contribution in [0.15, 0.2) is 60.7 Å². The molecule has 0 N–H and O–H groups in total. The number of piperidine rings is 1. The van der Waals surface area contributed by atoms with Crippen LogP contribution in [0.3, 0.4) is 0 Å². The lowest BCUT2D eigenvalue weighted by Gasteiger charge is -2.41. The molecular weight excluding hydrogens is 266 g/mol. The third-order valence-corrected chi connectivity index (χ3v) is 4.96. The Kier molecular flexibility index (Phi) is 5.29. The van der Waals surface area contributed by atoms with Crippen LogP contribution in [0.25, 0.3) is 0 Å². The molecule has 2 unspecified atom stereocenters. The number of rotatable bonds is 5. The van der Waals surface area contributed by atoms with Crippen LogP contribution in [0.5, 0.6) is 0 Å². The van der Waals surface area contributed by atoms with E-state index in [1.54, 1.807) is 0 Å². The number of nitrogens with zero attached hydrogens (tertiary/aromatic N) is 1. The molecule has 1 nitrogen and oxygen atoms in total. The highest BCUT2D eigenvalue weighted by Gasteiger charge is 2.28. The van der Waals surface area contributed by atoms with Crippen molar-refractivity contribution in [1.29, 1.82) is 0 Å². The summed E-state index contributed by atoms with van der Waals surface area (Å²) in [6.07, 6.45) is 6.42. The summed E-state index contributed by atoms with van der Waals surface area (Å²) >= 11 is 0. The average molecular weight is 293 g/mol. The van der Waals surface area contributed by atoms with Crippen molar-refractivity contribution >= 4 is 0 Å². The Labute approximate surface area is 135 Å². The third-order valence-electron chi connectivity index (χ3n) is 4.96. The fraction of sp³-hybridized carbons (Fsp3) is 0.429. The van der Waals surface area contributed by atoms with Crippen LogP contribution in [0.4, 0.5) is 0 Å². The van der Waals surface area contributed by atoms with E-state index in [9.17, 15) is 0 Å². The quantitative estimate of drug-likeness (QED) is 0.729. The van der Waals surface area contributed by atoms with Crippen molar-refractivity contribution in [2.24, 2.45) is 0 Å². The van der Waals surface area contributed by atoms with Gasteiger partial charge in [0.1, 0.15) is 0 Å². The highest BCUT2D eigenvalue weighted by atomic mass is 15.2. The molecule has 0 radical (unpaired) electrons. The van der Waals surface area contributed by atoms with Crippen molar-refractivity contribution in [3.63, 3.8) is 0 Å². The minimum Gasteiger partial charge on any atom is -0.293 e. The zero-order valence-electron chi connectivity index (χ0n) is 13.6. The van der Waals surface area contributed by atoms with E-state index in [0.29, 0.717) is 12.1 Å². The van der Waals surface area contributed by atoms with Gasteiger partial charge in [0, 0.05) is 12.1 Å². The summed E-state index contributed by atoms with van der Waals surface area (Å²) in [6.45, 7) is 3.57. The second kappa shape index (κ2) is 7.60. The molecule has 1 heteroatoms. The van der Waals surface area contributed by atoms with Crippen molar-refractivity contribution in [3.8, 4) is 0 Å². The Morgan fingerprint density at radius 3 is 2.32 bits per heavy atom. The predicted molar refractivity (Wildman–Crippen MR) is 94.0 cm³/mol. The zero-order valence-corrected chi connectivity index (χ0v) is 13.6. The molecule has 116 valence electrons. The smallest absolute Gasteiger partial charge is 0.0348 e. The molecule has 2 aromatic rings. The van der Waals surface area contributed by atoms with Gasteiger partial charge in [0.15, 0.2) is 0 Å². The van der Waals surface area contributed by atoms with Crippen LogP contribution in [-0.2, 0) is 6.42 Å². The minimum absolute atomic E-state index is 0.565. The Morgan fingerprint density at radius 2 is 1.64 bits per heavy atom. The molecule has 22 heavy (non-hydrogen) atoms. The van der Waals surface area contributed by atoms with Gasteiger partial charge in [-0.15, -0.1) is 0 Å². The van der Waals surface area contributed by atoms with Crippen molar-refractivity contribution < 1.29 is 0 Å². The monoisotopic (exact) mass is 293 g/mol. The summed E-state index contributed by atoms with van der Waals surface area (Å²) in [7, 11) is 0. The van der Waals surface area contributed by atoms with Gasteiger partial charge < -0.3 is 0 Å². The van der Waals surface area contributed by atoms with Gasteiger partial charge in [-0.25, -0.2) is 0 Å². The molecule has 1 fully saturated rings. The first kappa shape index (κ1) is 15.3. The summed E-state index contributed by atoms with van der Waals surface area (Å²) in [4.78, 5) is 2.77. The van der Waals surface area contributed by atoms with E-state index in [0.717, 1.165) is 0 Å². The predicted octanol–water partition coefficient (Wildman–Crippen LogP) is 5.23. The average Bonchev–Trinajstić information content (AvgIpc) is 2.59. The fourth-order valence-corrected chi connectivity index (χ4v) is 3.88. The number of likely N-dealkylation sites (tertiary alicyclic amines) is 1. The second-order valence-electron chi connectivity index (χ2n) is 6.41. The maximum absolute atomic E-state index is 2.77. The molecule has 0 amide bonds. The normalized spacial score (nSPS) is 20.7. The van der Waals surface area contributed by atoms with Crippen LogP contribution < -0.4 is 0 Å². The lowest BCUT2D eigenvalue weighted by atomic mass is 9.91. The van der Waals surface area contributed by atoms with Crippen LogP contribution in [0.2, 0.25) is 0 Å². The molecule has 2 atom stereocenters. The standard InChI is InChI=1S/C21H27N/c1-2-21(19-13-7-4-8-14-19)22-16-10-9-15-20(22)17-18-11-5-3-6-12-18/h3-8,11-14,20-21H,2,9-10,15-17H2,1H3. The van der Waals surface area contributed by atoms with E-state index in [4.69, 9.17) is 0 Å². The summed E-state index contributed by atoms with van der Waals surface area (Å²) in [6, 6.07) is 23.3. The van der Waals surface area contributed by atoms with Crippen molar-refractivity contribution in [1.82, 2.24) is 4.90 Å². The van der Waals surface area contributed by atoms with Gasteiger partial charge in [0.05, 0.1) is 0 Å². The fourth-order valence-electron chi connectivity index (χ4n) is 3.88. The molecule has 1 aliphatic rings. The largest absolute Gasteiger partial charge is 0.293 e. The molecule has 0 aliphatic carbocycles. The molecule has 1 aliphatic heterocycles.